The van der Waals surface area contributed by atoms with Crippen LogP contribution in [0.15, 0.2) is 60.9 Å². The predicted molar refractivity (Wildman–Crippen MR) is 110 cm³/mol. The summed E-state index contributed by atoms with van der Waals surface area (Å²) in [6.07, 6.45) is 6.43. The molecule has 0 radical (unpaired) electrons. The highest BCUT2D eigenvalue weighted by atomic mass is 16.3. The number of phenols is 1. The number of hydrogen-bond donors (Lipinski definition) is 3. The average Bonchev–Trinajstić information content (AvgIpc) is 3.41. The number of hydrogen-bond acceptors (Lipinski definition) is 4. The van der Waals surface area contributed by atoms with E-state index < -0.39 is 5.54 Å². The number of fused-ring (bicyclic) bond motifs is 3. The molecule has 2 heterocycles. The summed E-state index contributed by atoms with van der Waals surface area (Å²) >= 11 is 0. The molecule has 30 heavy (non-hydrogen) atoms. The lowest BCUT2D eigenvalue weighted by Crippen LogP contribution is -2.50. The molecule has 5 rings (SSSR count). The third-order valence-corrected chi connectivity index (χ3v) is 5.91. The van der Waals surface area contributed by atoms with Gasteiger partial charge in [-0.3, -0.25) is 9.59 Å². The second-order valence-electron chi connectivity index (χ2n) is 7.93. The highest BCUT2D eigenvalue weighted by molar-refractivity contribution is 6.00. The van der Waals surface area contributed by atoms with Crippen molar-refractivity contribution in [3.05, 3.63) is 77.9 Å². The van der Waals surface area contributed by atoms with Crippen molar-refractivity contribution in [3.8, 4) is 11.4 Å². The summed E-state index contributed by atoms with van der Waals surface area (Å²) in [5, 5.41) is 15.4. The average molecular weight is 402 g/mol. The largest absolute Gasteiger partial charge is 0.508 e. The van der Waals surface area contributed by atoms with Crippen molar-refractivity contribution in [2.75, 3.05) is 0 Å². The predicted octanol–water partition coefficient (Wildman–Crippen LogP) is 2.64. The van der Waals surface area contributed by atoms with Crippen LogP contribution in [0.1, 0.15) is 47.1 Å². The van der Waals surface area contributed by atoms with Gasteiger partial charge in [0, 0.05) is 23.6 Å². The number of aromatic nitrogens is 2. The van der Waals surface area contributed by atoms with E-state index in [4.69, 9.17) is 0 Å². The van der Waals surface area contributed by atoms with Crippen molar-refractivity contribution in [3.63, 3.8) is 0 Å². The number of imidazole rings is 1. The molecule has 1 fully saturated rings. The molecule has 3 aromatic rings. The Balaban J connectivity index is 1.33. The summed E-state index contributed by atoms with van der Waals surface area (Å²) in [5.41, 5.74) is 1.83. The summed E-state index contributed by atoms with van der Waals surface area (Å²) in [7, 11) is 0. The maximum atomic E-state index is 13.1. The second-order valence-corrected chi connectivity index (χ2v) is 7.93. The summed E-state index contributed by atoms with van der Waals surface area (Å²) in [6, 6.07) is 13.9. The van der Waals surface area contributed by atoms with Gasteiger partial charge in [-0.2, -0.15) is 0 Å². The smallest absolute Gasteiger partial charge is 0.252 e. The van der Waals surface area contributed by atoms with E-state index in [1.165, 1.54) is 29.8 Å². The molecule has 1 saturated carbocycles. The van der Waals surface area contributed by atoms with Crippen molar-refractivity contribution >= 4 is 11.8 Å². The van der Waals surface area contributed by atoms with Gasteiger partial charge in [0.05, 0.1) is 6.04 Å². The summed E-state index contributed by atoms with van der Waals surface area (Å²) in [4.78, 5) is 30.2. The van der Waals surface area contributed by atoms with Crippen LogP contribution in [0, 0.1) is 0 Å². The standard InChI is InChI=1S/C23H22N4O3/c28-17-8-5-16(6-9-17)21(29)26-23(11-12-23)22(30)25-18-10-7-15-3-1-2-4-19(15)27-14-13-24-20(18)27/h1-6,8-9,13-14,18,28H,7,10-12H2,(H,25,30)(H,26,29). The van der Waals surface area contributed by atoms with E-state index in [0.717, 1.165) is 24.4 Å². The molecule has 1 atom stereocenters. The lowest BCUT2D eigenvalue weighted by molar-refractivity contribution is -0.124. The maximum absolute atomic E-state index is 13.1. The van der Waals surface area contributed by atoms with Crippen molar-refractivity contribution in [1.82, 2.24) is 20.2 Å². The zero-order chi connectivity index (χ0) is 20.7. The Morgan fingerprint density at radius 1 is 1.10 bits per heavy atom. The van der Waals surface area contributed by atoms with Crippen molar-refractivity contribution in [2.24, 2.45) is 0 Å². The third kappa shape index (κ3) is 3.22. The second kappa shape index (κ2) is 7.02. The first-order valence-corrected chi connectivity index (χ1v) is 10.1. The normalized spacial score (nSPS) is 18.5. The van der Waals surface area contributed by atoms with Crippen LogP contribution in [0.2, 0.25) is 0 Å². The lowest BCUT2D eigenvalue weighted by atomic mass is 10.0. The third-order valence-electron chi connectivity index (χ3n) is 5.91. The van der Waals surface area contributed by atoms with Gasteiger partial charge in [-0.1, -0.05) is 18.2 Å². The Morgan fingerprint density at radius 2 is 1.87 bits per heavy atom. The first-order chi connectivity index (χ1) is 14.6. The zero-order valence-corrected chi connectivity index (χ0v) is 16.3. The Labute approximate surface area is 173 Å². The van der Waals surface area contributed by atoms with E-state index in [0.29, 0.717) is 18.4 Å². The van der Waals surface area contributed by atoms with E-state index >= 15 is 0 Å². The number of nitrogens with zero attached hydrogens (tertiary/aromatic N) is 2. The van der Waals surface area contributed by atoms with Crippen molar-refractivity contribution < 1.29 is 14.7 Å². The fourth-order valence-electron chi connectivity index (χ4n) is 4.03. The number of carbonyl (C=O) groups is 2. The van der Waals surface area contributed by atoms with Gasteiger partial charge in [-0.25, -0.2) is 4.98 Å². The van der Waals surface area contributed by atoms with Crippen LogP contribution in [0.25, 0.3) is 5.69 Å². The molecule has 0 saturated heterocycles. The number of phenolic OH excluding ortho intramolecular Hbond substituents is 1. The van der Waals surface area contributed by atoms with Crippen LogP contribution in [0.5, 0.6) is 5.75 Å². The van der Waals surface area contributed by atoms with Gasteiger partial charge in [0.1, 0.15) is 17.1 Å². The van der Waals surface area contributed by atoms with Gasteiger partial charge >= 0.3 is 0 Å². The number of aromatic hydroxyl groups is 1. The summed E-state index contributed by atoms with van der Waals surface area (Å²) in [5.74, 6) is 0.391. The minimum Gasteiger partial charge on any atom is -0.508 e. The van der Waals surface area contributed by atoms with E-state index in [-0.39, 0.29) is 23.6 Å². The van der Waals surface area contributed by atoms with Crippen LogP contribution in [0.4, 0.5) is 0 Å². The molecule has 1 aliphatic carbocycles. The topological polar surface area (TPSA) is 96.3 Å². The molecular weight excluding hydrogens is 380 g/mol. The molecule has 1 aromatic heterocycles. The Kier molecular flexibility index (Phi) is 4.31. The number of para-hydroxylation sites is 1. The van der Waals surface area contributed by atoms with E-state index in [1.807, 2.05) is 22.9 Å². The summed E-state index contributed by atoms with van der Waals surface area (Å²) in [6.45, 7) is 0. The first kappa shape index (κ1) is 18.4. The Hall–Kier alpha value is -3.61. The van der Waals surface area contributed by atoms with Crippen LogP contribution in [0.3, 0.4) is 0 Å². The van der Waals surface area contributed by atoms with E-state index in [1.54, 1.807) is 6.20 Å². The molecule has 7 nitrogen and oxygen atoms in total. The van der Waals surface area contributed by atoms with Gasteiger partial charge in [-0.05, 0) is 61.6 Å². The Bertz CT molecular complexity index is 1120. The van der Waals surface area contributed by atoms with Crippen molar-refractivity contribution in [1.29, 1.82) is 0 Å². The highest BCUT2D eigenvalue weighted by Crippen LogP contribution is 2.37. The minimum atomic E-state index is -0.883. The number of rotatable bonds is 4. The SMILES string of the molecule is O=C(NC1(C(=O)NC2CCc3ccccc3-n3ccnc32)CC1)c1ccc(O)cc1. The molecular formula is C23H22N4O3. The van der Waals surface area contributed by atoms with E-state index in [2.05, 4.69) is 27.8 Å². The van der Waals surface area contributed by atoms with E-state index in [9.17, 15) is 14.7 Å². The number of nitrogens with one attached hydrogen (secondary N) is 2. The quantitative estimate of drug-likeness (QED) is 0.625. The molecule has 1 aliphatic heterocycles. The molecule has 3 N–H and O–H groups in total. The Morgan fingerprint density at radius 3 is 2.63 bits per heavy atom. The van der Waals surface area contributed by atoms with Crippen LogP contribution < -0.4 is 10.6 Å². The minimum absolute atomic E-state index is 0.0929. The zero-order valence-electron chi connectivity index (χ0n) is 16.3. The molecule has 152 valence electrons. The summed E-state index contributed by atoms with van der Waals surface area (Å²) < 4.78 is 2.03. The van der Waals surface area contributed by atoms with Gasteiger partial charge in [0.15, 0.2) is 0 Å². The molecule has 2 amide bonds. The van der Waals surface area contributed by atoms with Crippen LogP contribution in [-0.2, 0) is 11.2 Å². The molecule has 2 aromatic carbocycles. The fraction of sp³-hybridized carbons (Fsp3) is 0.261. The molecule has 7 heteroatoms. The maximum Gasteiger partial charge on any atom is 0.252 e. The monoisotopic (exact) mass is 402 g/mol. The number of aryl methyl sites for hydroxylation is 1. The highest BCUT2D eigenvalue weighted by Gasteiger charge is 2.52. The molecule has 2 aliphatic rings. The van der Waals surface area contributed by atoms with Gasteiger partial charge in [0.2, 0.25) is 5.91 Å². The lowest BCUT2D eigenvalue weighted by Gasteiger charge is -2.22. The van der Waals surface area contributed by atoms with Crippen molar-refractivity contribution in [2.45, 2.75) is 37.3 Å². The molecule has 1 unspecified atom stereocenters. The number of benzene rings is 2. The number of carbonyl (C=O) groups excluding carboxylic acids is 2. The van der Waals surface area contributed by atoms with Crippen LogP contribution in [-0.4, -0.2) is 32.0 Å². The van der Waals surface area contributed by atoms with Gasteiger partial charge < -0.3 is 20.3 Å². The van der Waals surface area contributed by atoms with Crippen LogP contribution >= 0.6 is 0 Å². The fourth-order valence-corrected chi connectivity index (χ4v) is 4.03. The first-order valence-electron chi connectivity index (χ1n) is 10.1. The molecule has 0 bridgehead atoms. The van der Waals surface area contributed by atoms with Gasteiger partial charge in [0.25, 0.3) is 5.91 Å². The molecule has 0 spiro atoms. The van der Waals surface area contributed by atoms with Gasteiger partial charge in [-0.15, -0.1) is 0 Å². The number of amides is 2.